The lowest BCUT2D eigenvalue weighted by atomic mass is 10.2. The van der Waals surface area contributed by atoms with Crippen LogP contribution in [0, 0.1) is 0 Å². The van der Waals surface area contributed by atoms with Crippen LogP contribution in [0.3, 0.4) is 0 Å². The number of hydrogen-bond acceptors (Lipinski definition) is 6. The number of anilines is 1. The first-order chi connectivity index (χ1) is 11.3. The summed E-state index contributed by atoms with van der Waals surface area (Å²) in [6.45, 7) is 2.57. The number of aromatic nitrogens is 3. The Morgan fingerprint density at radius 2 is 2.04 bits per heavy atom. The van der Waals surface area contributed by atoms with Gasteiger partial charge in [0, 0.05) is 18.0 Å². The Hall–Kier alpha value is -2.80. The fraction of sp³-hybridized carbons (Fsp3) is 0.125. The Morgan fingerprint density at radius 3 is 2.74 bits per heavy atom. The van der Waals surface area contributed by atoms with Crippen LogP contribution < -0.4 is 10.1 Å². The number of benzene rings is 1. The minimum Gasteiger partial charge on any atom is -0.494 e. The van der Waals surface area contributed by atoms with Crippen LogP contribution in [0.15, 0.2) is 48.8 Å². The molecular formula is C16H14N4O2S. The zero-order valence-corrected chi connectivity index (χ0v) is 13.2. The number of pyridine rings is 1. The van der Waals surface area contributed by atoms with Crippen LogP contribution in [0.5, 0.6) is 5.75 Å². The standard InChI is InChI=1S/C16H14N4O2S/c1-2-22-13-7-5-11(6-8-13)15-19-20-16(23-15)18-14(21)12-4-3-9-17-10-12/h3-10H,2H2,1H3,(H,18,20,21). The predicted molar refractivity (Wildman–Crippen MR) is 88.7 cm³/mol. The molecule has 2 aromatic heterocycles. The maximum absolute atomic E-state index is 12.0. The average molecular weight is 326 g/mol. The van der Waals surface area contributed by atoms with Gasteiger partial charge in [-0.3, -0.25) is 15.1 Å². The van der Waals surface area contributed by atoms with Gasteiger partial charge in [0.1, 0.15) is 10.8 Å². The summed E-state index contributed by atoms with van der Waals surface area (Å²) in [5.41, 5.74) is 1.40. The van der Waals surface area contributed by atoms with Gasteiger partial charge in [0.25, 0.3) is 5.91 Å². The minimum absolute atomic E-state index is 0.257. The highest BCUT2D eigenvalue weighted by molar-refractivity contribution is 7.18. The van der Waals surface area contributed by atoms with Crippen molar-refractivity contribution in [2.24, 2.45) is 0 Å². The molecule has 0 atom stereocenters. The van der Waals surface area contributed by atoms with Crippen molar-refractivity contribution in [3.63, 3.8) is 0 Å². The van der Waals surface area contributed by atoms with E-state index in [1.807, 2.05) is 31.2 Å². The molecule has 1 N–H and O–H groups in total. The monoisotopic (exact) mass is 326 g/mol. The zero-order chi connectivity index (χ0) is 16.1. The molecule has 0 saturated heterocycles. The van der Waals surface area contributed by atoms with Gasteiger partial charge >= 0.3 is 0 Å². The Labute approximate surface area is 137 Å². The van der Waals surface area contributed by atoms with E-state index in [9.17, 15) is 4.79 Å². The van der Waals surface area contributed by atoms with E-state index < -0.39 is 0 Å². The van der Waals surface area contributed by atoms with Crippen molar-refractivity contribution in [1.29, 1.82) is 0 Å². The molecular weight excluding hydrogens is 312 g/mol. The van der Waals surface area contributed by atoms with Crippen molar-refractivity contribution in [2.75, 3.05) is 11.9 Å². The first kappa shape index (κ1) is 15.1. The van der Waals surface area contributed by atoms with E-state index in [0.29, 0.717) is 17.3 Å². The smallest absolute Gasteiger partial charge is 0.259 e. The van der Waals surface area contributed by atoms with E-state index in [0.717, 1.165) is 16.3 Å². The Kier molecular flexibility index (Phi) is 4.58. The Balaban J connectivity index is 1.71. The molecule has 1 amide bonds. The van der Waals surface area contributed by atoms with Gasteiger partial charge in [-0.1, -0.05) is 11.3 Å². The van der Waals surface area contributed by atoms with Crippen LogP contribution in [-0.4, -0.2) is 27.7 Å². The summed E-state index contributed by atoms with van der Waals surface area (Å²) in [7, 11) is 0. The van der Waals surface area contributed by atoms with Crippen molar-refractivity contribution in [3.8, 4) is 16.3 Å². The molecule has 1 aromatic carbocycles. The number of carbonyl (C=O) groups excluding carboxylic acids is 1. The molecule has 3 aromatic rings. The van der Waals surface area contributed by atoms with Crippen molar-refractivity contribution in [2.45, 2.75) is 6.92 Å². The number of hydrogen-bond donors (Lipinski definition) is 1. The van der Waals surface area contributed by atoms with E-state index in [-0.39, 0.29) is 5.91 Å². The first-order valence-electron chi connectivity index (χ1n) is 7.04. The lowest BCUT2D eigenvalue weighted by Gasteiger charge is -2.02. The zero-order valence-electron chi connectivity index (χ0n) is 12.4. The molecule has 0 aliphatic rings. The van der Waals surface area contributed by atoms with Crippen molar-refractivity contribution in [3.05, 3.63) is 54.4 Å². The second-order valence-corrected chi connectivity index (χ2v) is 5.54. The molecule has 0 bridgehead atoms. The molecule has 2 heterocycles. The molecule has 3 rings (SSSR count). The summed E-state index contributed by atoms with van der Waals surface area (Å²) in [5.74, 6) is 0.554. The fourth-order valence-electron chi connectivity index (χ4n) is 1.92. The van der Waals surface area contributed by atoms with Gasteiger partial charge in [-0.25, -0.2) is 0 Å². The molecule has 7 heteroatoms. The number of ether oxygens (including phenoxy) is 1. The molecule has 0 fully saturated rings. The van der Waals surface area contributed by atoms with E-state index >= 15 is 0 Å². The normalized spacial score (nSPS) is 10.3. The van der Waals surface area contributed by atoms with E-state index in [4.69, 9.17) is 4.74 Å². The fourth-order valence-corrected chi connectivity index (χ4v) is 2.66. The number of nitrogens with zero attached hydrogens (tertiary/aromatic N) is 3. The highest BCUT2D eigenvalue weighted by atomic mass is 32.1. The summed E-state index contributed by atoms with van der Waals surface area (Å²) >= 11 is 1.31. The van der Waals surface area contributed by atoms with Gasteiger partial charge in [0.05, 0.1) is 12.2 Å². The summed E-state index contributed by atoms with van der Waals surface area (Å²) < 4.78 is 5.41. The van der Waals surface area contributed by atoms with Gasteiger partial charge in [-0.05, 0) is 43.3 Å². The summed E-state index contributed by atoms with van der Waals surface area (Å²) in [5, 5.41) is 12.0. The lowest BCUT2D eigenvalue weighted by Crippen LogP contribution is -2.11. The largest absolute Gasteiger partial charge is 0.494 e. The van der Waals surface area contributed by atoms with E-state index in [1.54, 1.807) is 18.3 Å². The third-order valence-electron chi connectivity index (χ3n) is 2.98. The second kappa shape index (κ2) is 6.97. The van der Waals surface area contributed by atoms with Crippen LogP contribution >= 0.6 is 11.3 Å². The van der Waals surface area contributed by atoms with Crippen LogP contribution in [0.4, 0.5) is 5.13 Å². The average Bonchev–Trinajstić information content (AvgIpc) is 3.05. The molecule has 116 valence electrons. The number of nitrogens with one attached hydrogen (secondary N) is 1. The molecule has 0 aliphatic heterocycles. The number of amides is 1. The molecule has 0 radical (unpaired) electrons. The van der Waals surface area contributed by atoms with Gasteiger partial charge in [-0.15, -0.1) is 10.2 Å². The topological polar surface area (TPSA) is 77.0 Å². The lowest BCUT2D eigenvalue weighted by molar-refractivity contribution is 0.102. The number of carbonyl (C=O) groups is 1. The maximum atomic E-state index is 12.0. The molecule has 0 saturated carbocycles. The highest BCUT2D eigenvalue weighted by Gasteiger charge is 2.11. The first-order valence-corrected chi connectivity index (χ1v) is 7.86. The summed E-state index contributed by atoms with van der Waals surface area (Å²) in [6, 6.07) is 11.0. The number of rotatable bonds is 5. The second-order valence-electron chi connectivity index (χ2n) is 4.57. The predicted octanol–water partition coefficient (Wildman–Crippen LogP) is 3.25. The summed E-state index contributed by atoms with van der Waals surface area (Å²) in [4.78, 5) is 16.0. The quantitative estimate of drug-likeness (QED) is 0.779. The van der Waals surface area contributed by atoms with Crippen molar-refractivity contribution < 1.29 is 9.53 Å². The third-order valence-corrected chi connectivity index (χ3v) is 3.87. The Bertz CT molecular complexity index is 787. The highest BCUT2D eigenvalue weighted by Crippen LogP contribution is 2.28. The molecule has 0 unspecified atom stereocenters. The third kappa shape index (κ3) is 3.70. The maximum Gasteiger partial charge on any atom is 0.259 e. The molecule has 6 nitrogen and oxygen atoms in total. The summed E-state index contributed by atoms with van der Waals surface area (Å²) in [6.07, 6.45) is 3.12. The van der Waals surface area contributed by atoms with Gasteiger partial charge in [0.15, 0.2) is 0 Å². The van der Waals surface area contributed by atoms with Crippen LogP contribution in [-0.2, 0) is 0 Å². The van der Waals surface area contributed by atoms with Crippen LogP contribution in [0.25, 0.3) is 10.6 Å². The molecule has 0 spiro atoms. The van der Waals surface area contributed by atoms with E-state index in [2.05, 4.69) is 20.5 Å². The van der Waals surface area contributed by atoms with Gasteiger partial charge in [-0.2, -0.15) is 0 Å². The SMILES string of the molecule is CCOc1ccc(-c2nnc(NC(=O)c3cccnc3)s2)cc1. The van der Waals surface area contributed by atoms with E-state index in [1.165, 1.54) is 17.5 Å². The van der Waals surface area contributed by atoms with Crippen molar-refractivity contribution >= 4 is 22.4 Å². The molecule has 23 heavy (non-hydrogen) atoms. The van der Waals surface area contributed by atoms with Crippen LogP contribution in [0.1, 0.15) is 17.3 Å². The molecule has 0 aliphatic carbocycles. The van der Waals surface area contributed by atoms with Crippen LogP contribution in [0.2, 0.25) is 0 Å². The van der Waals surface area contributed by atoms with Crippen molar-refractivity contribution in [1.82, 2.24) is 15.2 Å². The van der Waals surface area contributed by atoms with Gasteiger partial charge < -0.3 is 4.74 Å². The Morgan fingerprint density at radius 1 is 1.22 bits per heavy atom. The van der Waals surface area contributed by atoms with Gasteiger partial charge in [0.2, 0.25) is 5.13 Å². The minimum atomic E-state index is -0.257.